The lowest BCUT2D eigenvalue weighted by molar-refractivity contribution is -0.138. The molecule has 0 aromatic heterocycles. The van der Waals surface area contributed by atoms with Gasteiger partial charge in [0.15, 0.2) is 0 Å². The molecule has 2 saturated heterocycles. The average molecular weight is 199 g/mol. The van der Waals surface area contributed by atoms with Crippen LogP contribution in [0.2, 0.25) is 0 Å². The van der Waals surface area contributed by atoms with Gasteiger partial charge in [0.25, 0.3) is 0 Å². The summed E-state index contributed by atoms with van der Waals surface area (Å²) in [4.78, 5) is 13.0. The summed E-state index contributed by atoms with van der Waals surface area (Å²) in [6.07, 6.45) is 2.74. The highest BCUT2D eigenvalue weighted by Crippen LogP contribution is 2.25. The Labute approximate surface area is 83.8 Å². The van der Waals surface area contributed by atoms with Crippen LogP contribution in [0, 0.1) is 5.92 Å². The van der Waals surface area contributed by atoms with Gasteiger partial charge in [-0.15, -0.1) is 0 Å². The second kappa shape index (κ2) is 4.28. The SMILES string of the molecule is O=C(O)CC1COCC1N1CCCC1. The molecule has 0 amide bonds. The van der Waals surface area contributed by atoms with Crippen LogP contribution in [0.25, 0.3) is 0 Å². The lowest BCUT2D eigenvalue weighted by Crippen LogP contribution is -2.39. The minimum absolute atomic E-state index is 0.200. The first kappa shape index (κ1) is 9.93. The van der Waals surface area contributed by atoms with Crippen LogP contribution in [0.5, 0.6) is 0 Å². The van der Waals surface area contributed by atoms with Gasteiger partial charge in [0.2, 0.25) is 0 Å². The number of aliphatic carboxylic acids is 1. The van der Waals surface area contributed by atoms with Gasteiger partial charge in [0.1, 0.15) is 0 Å². The molecule has 80 valence electrons. The van der Waals surface area contributed by atoms with Crippen LogP contribution in [0.15, 0.2) is 0 Å². The molecule has 2 heterocycles. The Hall–Kier alpha value is -0.610. The number of hydrogen-bond donors (Lipinski definition) is 1. The summed E-state index contributed by atoms with van der Waals surface area (Å²) in [7, 11) is 0. The van der Waals surface area contributed by atoms with Crippen LogP contribution in [0.1, 0.15) is 19.3 Å². The predicted molar refractivity (Wildman–Crippen MR) is 51.2 cm³/mol. The van der Waals surface area contributed by atoms with Gasteiger partial charge >= 0.3 is 5.97 Å². The second-order valence-electron chi connectivity index (χ2n) is 4.21. The number of carboxylic acid groups (broad SMARTS) is 1. The van der Waals surface area contributed by atoms with Crippen molar-refractivity contribution in [2.24, 2.45) is 5.92 Å². The molecule has 0 saturated carbocycles. The minimum atomic E-state index is -0.704. The fourth-order valence-electron chi connectivity index (χ4n) is 2.48. The molecule has 4 heteroatoms. The largest absolute Gasteiger partial charge is 0.481 e. The van der Waals surface area contributed by atoms with E-state index >= 15 is 0 Å². The molecule has 14 heavy (non-hydrogen) atoms. The van der Waals surface area contributed by atoms with Gasteiger partial charge in [-0.05, 0) is 25.9 Å². The monoisotopic (exact) mass is 199 g/mol. The third-order valence-electron chi connectivity index (χ3n) is 3.21. The smallest absolute Gasteiger partial charge is 0.303 e. The van der Waals surface area contributed by atoms with E-state index in [1.165, 1.54) is 12.8 Å². The van der Waals surface area contributed by atoms with E-state index in [0.29, 0.717) is 12.6 Å². The van der Waals surface area contributed by atoms with E-state index in [9.17, 15) is 4.79 Å². The van der Waals surface area contributed by atoms with Gasteiger partial charge in [-0.25, -0.2) is 0 Å². The quantitative estimate of drug-likeness (QED) is 0.722. The van der Waals surface area contributed by atoms with Gasteiger partial charge in [-0.1, -0.05) is 0 Å². The van der Waals surface area contributed by atoms with E-state index in [1.807, 2.05) is 0 Å². The van der Waals surface area contributed by atoms with Crippen LogP contribution in [-0.2, 0) is 9.53 Å². The average Bonchev–Trinajstić information content (AvgIpc) is 2.70. The second-order valence-corrected chi connectivity index (χ2v) is 4.21. The lowest BCUT2D eigenvalue weighted by Gasteiger charge is -2.26. The molecule has 0 bridgehead atoms. The molecular formula is C10H17NO3. The summed E-state index contributed by atoms with van der Waals surface area (Å²) >= 11 is 0. The molecule has 0 aliphatic carbocycles. The molecule has 2 atom stereocenters. The van der Waals surface area contributed by atoms with Crippen molar-refractivity contribution in [1.82, 2.24) is 4.90 Å². The minimum Gasteiger partial charge on any atom is -0.481 e. The van der Waals surface area contributed by atoms with Crippen LogP contribution in [0.3, 0.4) is 0 Å². The Balaban J connectivity index is 1.92. The summed E-state index contributed by atoms with van der Waals surface area (Å²) in [6, 6.07) is 0.355. The van der Waals surface area contributed by atoms with Crippen molar-refractivity contribution in [3.63, 3.8) is 0 Å². The zero-order chi connectivity index (χ0) is 9.97. The van der Waals surface area contributed by atoms with E-state index < -0.39 is 5.97 Å². The topological polar surface area (TPSA) is 49.8 Å². The summed E-state index contributed by atoms with van der Waals surface area (Å²) in [5.41, 5.74) is 0. The molecule has 0 aromatic carbocycles. The first-order valence-corrected chi connectivity index (χ1v) is 5.31. The van der Waals surface area contributed by atoms with E-state index in [1.54, 1.807) is 0 Å². The molecule has 0 radical (unpaired) electrons. The van der Waals surface area contributed by atoms with Crippen molar-refractivity contribution in [3.8, 4) is 0 Å². The zero-order valence-corrected chi connectivity index (χ0v) is 8.32. The van der Waals surface area contributed by atoms with Crippen molar-refractivity contribution in [1.29, 1.82) is 0 Å². The Bertz CT molecular complexity index is 213. The maximum atomic E-state index is 10.6. The van der Waals surface area contributed by atoms with E-state index in [2.05, 4.69) is 4.90 Å². The molecule has 2 fully saturated rings. The highest BCUT2D eigenvalue weighted by molar-refractivity contribution is 5.67. The van der Waals surface area contributed by atoms with Gasteiger partial charge in [0, 0.05) is 12.0 Å². The number of ether oxygens (including phenoxy) is 1. The van der Waals surface area contributed by atoms with Gasteiger partial charge in [-0.2, -0.15) is 0 Å². The van der Waals surface area contributed by atoms with Crippen molar-refractivity contribution >= 4 is 5.97 Å². The number of likely N-dealkylation sites (tertiary alicyclic amines) is 1. The molecule has 2 rings (SSSR count). The number of nitrogens with zero attached hydrogens (tertiary/aromatic N) is 1. The summed E-state index contributed by atoms with van der Waals surface area (Å²) < 4.78 is 5.38. The summed E-state index contributed by atoms with van der Waals surface area (Å²) in [5, 5.41) is 8.76. The molecule has 2 aliphatic heterocycles. The van der Waals surface area contributed by atoms with Crippen molar-refractivity contribution in [2.75, 3.05) is 26.3 Å². The standard InChI is InChI=1S/C10H17NO3/c12-10(13)5-8-6-14-7-9(8)11-3-1-2-4-11/h8-9H,1-7H2,(H,12,13). The molecular weight excluding hydrogens is 182 g/mol. The number of carboxylic acids is 1. The van der Waals surface area contributed by atoms with Crippen LogP contribution < -0.4 is 0 Å². The van der Waals surface area contributed by atoms with Crippen LogP contribution >= 0.6 is 0 Å². The predicted octanol–water partition coefficient (Wildman–Crippen LogP) is 0.572. The lowest BCUT2D eigenvalue weighted by atomic mass is 9.99. The highest BCUT2D eigenvalue weighted by Gasteiger charge is 2.35. The Kier molecular flexibility index (Phi) is 3.03. The van der Waals surface area contributed by atoms with Crippen molar-refractivity contribution < 1.29 is 14.6 Å². The van der Waals surface area contributed by atoms with Crippen molar-refractivity contribution in [3.05, 3.63) is 0 Å². The zero-order valence-electron chi connectivity index (χ0n) is 8.32. The highest BCUT2D eigenvalue weighted by atomic mass is 16.5. The van der Waals surface area contributed by atoms with E-state index in [0.717, 1.165) is 19.7 Å². The number of rotatable bonds is 3. The van der Waals surface area contributed by atoms with Gasteiger partial charge < -0.3 is 9.84 Å². The van der Waals surface area contributed by atoms with Gasteiger partial charge in [-0.3, -0.25) is 9.69 Å². The molecule has 2 unspecified atom stereocenters. The van der Waals surface area contributed by atoms with Crippen molar-refractivity contribution in [2.45, 2.75) is 25.3 Å². The molecule has 0 aromatic rings. The third-order valence-corrected chi connectivity index (χ3v) is 3.21. The molecule has 0 spiro atoms. The van der Waals surface area contributed by atoms with Crippen LogP contribution in [0.4, 0.5) is 0 Å². The first-order valence-electron chi connectivity index (χ1n) is 5.31. The van der Waals surface area contributed by atoms with Crippen LogP contribution in [-0.4, -0.2) is 48.3 Å². The molecule has 1 N–H and O–H groups in total. The Morgan fingerprint density at radius 1 is 1.36 bits per heavy atom. The molecule has 4 nitrogen and oxygen atoms in total. The third kappa shape index (κ3) is 2.07. The maximum Gasteiger partial charge on any atom is 0.303 e. The fraction of sp³-hybridized carbons (Fsp3) is 0.900. The first-order chi connectivity index (χ1) is 6.77. The van der Waals surface area contributed by atoms with E-state index in [4.69, 9.17) is 9.84 Å². The maximum absolute atomic E-state index is 10.6. The normalized spacial score (nSPS) is 33.7. The number of carbonyl (C=O) groups is 1. The molecule has 2 aliphatic rings. The summed E-state index contributed by atoms with van der Waals surface area (Å²) in [6.45, 7) is 3.57. The Morgan fingerprint density at radius 2 is 2.07 bits per heavy atom. The van der Waals surface area contributed by atoms with Gasteiger partial charge in [0.05, 0.1) is 19.6 Å². The number of hydrogen-bond acceptors (Lipinski definition) is 3. The van der Waals surface area contributed by atoms with E-state index in [-0.39, 0.29) is 12.3 Å². The summed E-state index contributed by atoms with van der Waals surface area (Å²) in [5.74, 6) is -0.504. The Morgan fingerprint density at radius 3 is 2.71 bits per heavy atom. The fourth-order valence-corrected chi connectivity index (χ4v) is 2.48.